The lowest BCUT2D eigenvalue weighted by Gasteiger charge is -1.99. The minimum absolute atomic E-state index is 0.517. The number of hydrogen-bond donors (Lipinski definition) is 1. The Hall–Kier alpha value is -1.24. The molecule has 2 N–H and O–H groups in total. The Balaban J connectivity index is 2.18. The fourth-order valence-electron chi connectivity index (χ4n) is 1.66. The van der Waals surface area contributed by atoms with E-state index in [0.29, 0.717) is 6.54 Å². The predicted molar refractivity (Wildman–Crippen MR) is 71.9 cm³/mol. The number of aromatic nitrogens is 3. The SMILES string of the molecule is NCc1ccn2c(-c3ccc(Br)s3)nnc2c1. The van der Waals surface area contributed by atoms with Crippen molar-refractivity contribution in [3.05, 3.63) is 39.8 Å². The summed E-state index contributed by atoms with van der Waals surface area (Å²) in [5, 5.41) is 8.38. The minimum Gasteiger partial charge on any atom is -0.326 e. The number of thiophene rings is 1. The van der Waals surface area contributed by atoms with E-state index in [1.165, 1.54) is 0 Å². The van der Waals surface area contributed by atoms with Crippen LogP contribution in [0.25, 0.3) is 16.3 Å². The molecule has 3 aromatic heterocycles. The van der Waals surface area contributed by atoms with E-state index in [0.717, 1.165) is 25.7 Å². The van der Waals surface area contributed by atoms with E-state index in [1.54, 1.807) is 11.3 Å². The molecule has 3 aromatic rings. The normalized spacial score (nSPS) is 11.2. The summed E-state index contributed by atoms with van der Waals surface area (Å²) < 4.78 is 3.06. The fraction of sp³-hybridized carbons (Fsp3) is 0.0909. The predicted octanol–water partition coefficient (Wildman–Crippen LogP) is 2.68. The van der Waals surface area contributed by atoms with Crippen LogP contribution >= 0.6 is 27.3 Å². The number of fused-ring (bicyclic) bond motifs is 1. The van der Waals surface area contributed by atoms with E-state index in [1.807, 2.05) is 34.9 Å². The van der Waals surface area contributed by atoms with Gasteiger partial charge in [-0.1, -0.05) is 0 Å². The first-order valence-corrected chi connectivity index (χ1v) is 6.68. The van der Waals surface area contributed by atoms with Crippen LogP contribution in [0.2, 0.25) is 0 Å². The standard InChI is InChI=1S/C11H9BrN4S/c12-9-2-1-8(17-9)11-15-14-10-5-7(6-13)3-4-16(10)11/h1-5H,6,13H2. The third kappa shape index (κ3) is 1.88. The zero-order valence-corrected chi connectivity index (χ0v) is 11.2. The van der Waals surface area contributed by atoms with Crippen LogP contribution < -0.4 is 5.73 Å². The van der Waals surface area contributed by atoms with Crippen LogP contribution in [0.15, 0.2) is 34.2 Å². The molecule has 0 amide bonds. The number of nitrogens with two attached hydrogens (primary N) is 1. The molecular weight excluding hydrogens is 300 g/mol. The molecule has 0 aliphatic rings. The summed E-state index contributed by atoms with van der Waals surface area (Å²) in [4.78, 5) is 1.09. The van der Waals surface area contributed by atoms with Gasteiger partial charge in [0, 0.05) is 12.7 Å². The maximum atomic E-state index is 5.60. The van der Waals surface area contributed by atoms with Gasteiger partial charge in [0.15, 0.2) is 11.5 Å². The van der Waals surface area contributed by atoms with Gasteiger partial charge in [-0.25, -0.2) is 0 Å². The highest BCUT2D eigenvalue weighted by Crippen LogP contribution is 2.30. The number of rotatable bonds is 2. The van der Waals surface area contributed by atoms with Crippen molar-refractivity contribution >= 4 is 32.9 Å². The Morgan fingerprint density at radius 2 is 2.18 bits per heavy atom. The van der Waals surface area contributed by atoms with Crippen LogP contribution in [0.3, 0.4) is 0 Å². The van der Waals surface area contributed by atoms with Crippen molar-refractivity contribution in [2.24, 2.45) is 5.73 Å². The van der Waals surface area contributed by atoms with Gasteiger partial charge < -0.3 is 5.73 Å². The lowest BCUT2D eigenvalue weighted by molar-refractivity contribution is 1.05. The van der Waals surface area contributed by atoms with Gasteiger partial charge in [0.25, 0.3) is 0 Å². The number of nitrogens with zero attached hydrogens (tertiary/aromatic N) is 3. The number of halogens is 1. The molecule has 3 heterocycles. The van der Waals surface area contributed by atoms with Gasteiger partial charge in [-0.05, 0) is 45.8 Å². The van der Waals surface area contributed by atoms with Crippen LogP contribution in [-0.4, -0.2) is 14.6 Å². The number of pyridine rings is 1. The molecule has 86 valence electrons. The maximum Gasteiger partial charge on any atom is 0.178 e. The van der Waals surface area contributed by atoms with Crippen molar-refractivity contribution in [1.29, 1.82) is 0 Å². The van der Waals surface area contributed by atoms with Crippen molar-refractivity contribution in [2.75, 3.05) is 0 Å². The van der Waals surface area contributed by atoms with Crippen LogP contribution in [-0.2, 0) is 6.54 Å². The van der Waals surface area contributed by atoms with E-state index in [4.69, 9.17) is 5.73 Å². The Bertz CT molecular complexity index is 673. The zero-order chi connectivity index (χ0) is 11.8. The molecule has 0 bridgehead atoms. The third-order valence-electron chi connectivity index (χ3n) is 2.50. The molecule has 17 heavy (non-hydrogen) atoms. The second-order valence-corrected chi connectivity index (χ2v) is 6.06. The molecule has 0 spiro atoms. The van der Waals surface area contributed by atoms with Crippen molar-refractivity contribution in [1.82, 2.24) is 14.6 Å². The van der Waals surface area contributed by atoms with Gasteiger partial charge >= 0.3 is 0 Å². The molecular formula is C11H9BrN4S. The Labute approximate surface area is 110 Å². The molecule has 0 saturated carbocycles. The van der Waals surface area contributed by atoms with Crippen molar-refractivity contribution in [2.45, 2.75) is 6.54 Å². The van der Waals surface area contributed by atoms with E-state index in [-0.39, 0.29) is 0 Å². The average Bonchev–Trinajstić information content (AvgIpc) is 2.93. The first kappa shape index (κ1) is 10.9. The van der Waals surface area contributed by atoms with E-state index >= 15 is 0 Å². The first-order valence-electron chi connectivity index (χ1n) is 5.07. The Morgan fingerprint density at radius 3 is 2.88 bits per heavy atom. The quantitative estimate of drug-likeness (QED) is 0.792. The van der Waals surface area contributed by atoms with Crippen molar-refractivity contribution < 1.29 is 0 Å². The van der Waals surface area contributed by atoms with Crippen molar-refractivity contribution in [3.63, 3.8) is 0 Å². The minimum atomic E-state index is 0.517. The fourth-order valence-corrected chi connectivity index (χ4v) is 3.03. The van der Waals surface area contributed by atoms with E-state index < -0.39 is 0 Å². The van der Waals surface area contributed by atoms with Crippen LogP contribution in [0.4, 0.5) is 0 Å². The van der Waals surface area contributed by atoms with Crippen LogP contribution in [0, 0.1) is 0 Å². The lowest BCUT2D eigenvalue weighted by atomic mass is 10.2. The van der Waals surface area contributed by atoms with Crippen LogP contribution in [0.5, 0.6) is 0 Å². The van der Waals surface area contributed by atoms with Gasteiger partial charge in [-0.2, -0.15) is 0 Å². The summed E-state index contributed by atoms with van der Waals surface area (Å²) in [7, 11) is 0. The Kier molecular flexibility index (Phi) is 2.70. The largest absolute Gasteiger partial charge is 0.326 e. The molecule has 0 aliphatic carbocycles. The van der Waals surface area contributed by atoms with Gasteiger partial charge in [0.1, 0.15) is 0 Å². The summed E-state index contributed by atoms with van der Waals surface area (Å²) in [6, 6.07) is 7.99. The maximum absolute atomic E-state index is 5.60. The second-order valence-electron chi connectivity index (χ2n) is 3.59. The highest BCUT2D eigenvalue weighted by molar-refractivity contribution is 9.11. The molecule has 6 heteroatoms. The Morgan fingerprint density at radius 1 is 1.29 bits per heavy atom. The molecule has 0 radical (unpaired) electrons. The summed E-state index contributed by atoms with van der Waals surface area (Å²) in [5.41, 5.74) is 7.49. The summed E-state index contributed by atoms with van der Waals surface area (Å²) in [5.74, 6) is 0.860. The second kappa shape index (κ2) is 4.21. The van der Waals surface area contributed by atoms with Crippen molar-refractivity contribution in [3.8, 4) is 10.7 Å². The topological polar surface area (TPSA) is 56.2 Å². The summed E-state index contributed by atoms with van der Waals surface area (Å²) in [6.45, 7) is 0.517. The summed E-state index contributed by atoms with van der Waals surface area (Å²) in [6.07, 6.45) is 1.96. The monoisotopic (exact) mass is 308 g/mol. The molecule has 0 unspecified atom stereocenters. The smallest absolute Gasteiger partial charge is 0.178 e. The van der Waals surface area contributed by atoms with Gasteiger partial charge in [-0.15, -0.1) is 21.5 Å². The third-order valence-corrected chi connectivity index (χ3v) is 4.12. The molecule has 4 nitrogen and oxygen atoms in total. The highest BCUT2D eigenvalue weighted by Gasteiger charge is 2.10. The first-order chi connectivity index (χ1) is 8.28. The van der Waals surface area contributed by atoms with E-state index in [2.05, 4.69) is 26.1 Å². The molecule has 0 aliphatic heterocycles. The molecule has 0 aromatic carbocycles. The van der Waals surface area contributed by atoms with Crippen LogP contribution in [0.1, 0.15) is 5.56 Å². The van der Waals surface area contributed by atoms with Gasteiger partial charge in [0.2, 0.25) is 0 Å². The zero-order valence-electron chi connectivity index (χ0n) is 8.80. The molecule has 0 saturated heterocycles. The number of hydrogen-bond acceptors (Lipinski definition) is 4. The molecule has 3 rings (SSSR count). The molecule has 0 fully saturated rings. The highest BCUT2D eigenvalue weighted by atomic mass is 79.9. The molecule has 0 atom stereocenters. The van der Waals surface area contributed by atoms with E-state index in [9.17, 15) is 0 Å². The van der Waals surface area contributed by atoms with Gasteiger partial charge in [0.05, 0.1) is 8.66 Å². The average molecular weight is 309 g/mol. The lowest BCUT2D eigenvalue weighted by Crippen LogP contribution is -1.97. The summed E-state index contributed by atoms with van der Waals surface area (Å²) >= 11 is 5.09. The van der Waals surface area contributed by atoms with Gasteiger partial charge in [-0.3, -0.25) is 4.40 Å².